The van der Waals surface area contributed by atoms with Crippen LogP contribution in [-0.4, -0.2) is 17.0 Å². The molecule has 0 amide bonds. The number of carbonyl (C=O) groups excluding carboxylic acids is 1. The minimum absolute atomic E-state index is 0.214. The zero-order chi connectivity index (χ0) is 9.52. The number of esters is 1. The topological polar surface area (TPSA) is 64.2 Å². The summed E-state index contributed by atoms with van der Waals surface area (Å²) in [6, 6.07) is 9.32. The second-order valence-corrected chi connectivity index (χ2v) is 2.35. The predicted molar refractivity (Wildman–Crippen MR) is 45.3 cm³/mol. The van der Waals surface area contributed by atoms with E-state index in [-0.39, 0.29) is 6.61 Å². The Balaban J connectivity index is 2.44. The molecule has 0 spiro atoms. The van der Waals surface area contributed by atoms with Gasteiger partial charge in [-0.05, 0) is 5.56 Å². The van der Waals surface area contributed by atoms with Gasteiger partial charge in [0, 0.05) is 0 Å². The Morgan fingerprint density at radius 1 is 1.46 bits per heavy atom. The Bertz CT molecular complexity index is 329. The average Bonchev–Trinajstić information content (AvgIpc) is 2.17. The van der Waals surface area contributed by atoms with Crippen LogP contribution >= 0.6 is 0 Å². The third-order valence-electron chi connectivity index (χ3n) is 1.39. The van der Waals surface area contributed by atoms with Crippen molar-refractivity contribution in [3.8, 4) is 0 Å². The van der Waals surface area contributed by atoms with Crippen molar-refractivity contribution in [1.82, 2.24) is 0 Å². The first-order valence-electron chi connectivity index (χ1n) is 3.73. The van der Waals surface area contributed by atoms with E-state index in [0.717, 1.165) is 11.8 Å². The summed E-state index contributed by atoms with van der Waals surface area (Å²) in [5, 5.41) is 0. The van der Waals surface area contributed by atoms with Crippen LogP contribution in [0.25, 0.3) is 0 Å². The summed E-state index contributed by atoms with van der Waals surface area (Å²) in [4.78, 5) is 13.5. The van der Waals surface area contributed by atoms with E-state index in [2.05, 4.69) is 4.79 Å². The summed E-state index contributed by atoms with van der Waals surface area (Å²) in [5.74, 6) is -0.598. The molecular weight excluding hydrogens is 168 g/mol. The van der Waals surface area contributed by atoms with Gasteiger partial charge in [-0.2, -0.15) is 0 Å². The molecular formula is C9H9N2O2+. The van der Waals surface area contributed by atoms with E-state index in [1.807, 2.05) is 30.3 Å². The highest BCUT2D eigenvalue weighted by molar-refractivity contribution is 6.20. The molecule has 0 aliphatic heterocycles. The van der Waals surface area contributed by atoms with Crippen LogP contribution in [0.15, 0.2) is 30.3 Å². The number of hydrogen-bond donors (Lipinski definition) is 1. The van der Waals surface area contributed by atoms with Crippen LogP contribution < -0.4 is 0 Å². The van der Waals surface area contributed by atoms with Crippen LogP contribution in [0.1, 0.15) is 5.56 Å². The van der Waals surface area contributed by atoms with E-state index in [4.69, 9.17) is 10.3 Å². The third kappa shape index (κ3) is 3.31. The zero-order valence-electron chi connectivity index (χ0n) is 6.93. The molecule has 0 aliphatic rings. The highest BCUT2D eigenvalue weighted by Gasteiger charge is 2.04. The number of carbonyl (C=O) groups is 1. The first-order valence-corrected chi connectivity index (χ1v) is 3.73. The Labute approximate surface area is 75.4 Å². The van der Waals surface area contributed by atoms with Gasteiger partial charge in [0.1, 0.15) is 6.61 Å². The molecule has 0 saturated carbocycles. The standard InChI is InChI=1S/C9H9N2O2/c10-11-6-9(12)13-7-8-4-2-1-3-5-8/h1-6,10H,7H2/q+1. The molecule has 0 saturated heterocycles. The molecule has 0 atom stereocenters. The van der Waals surface area contributed by atoms with Gasteiger partial charge >= 0.3 is 12.2 Å². The molecule has 1 N–H and O–H groups in total. The van der Waals surface area contributed by atoms with E-state index in [1.54, 1.807) is 0 Å². The summed E-state index contributed by atoms with van der Waals surface area (Å²) >= 11 is 0. The summed E-state index contributed by atoms with van der Waals surface area (Å²) in [5.41, 5.74) is 7.30. The highest BCUT2D eigenvalue weighted by atomic mass is 16.5. The largest absolute Gasteiger partial charge is 0.452 e. The second-order valence-electron chi connectivity index (χ2n) is 2.35. The SMILES string of the molecule is N=[N+]=CC(=O)OCc1ccccc1. The molecule has 0 radical (unpaired) electrons. The fourth-order valence-electron chi connectivity index (χ4n) is 0.819. The fourth-order valence-corrected chi connectivity index (χ4v) is 0.819. The number of nitrogens with zero attached hydrogens (tertiary/aromatic N) is 1. The number of rotatable bonds is 3. The van der Waals surface area contributed by atoms with Crippen LogP contribution in [0.3, 0.4) is 0 Å². The third-order valence-corrected chi connectivity index (χ3v) is 1.39. The van der Waals surface area contributed by atoms with E-state index >= 15 is 0 Å². The van der Waals surface area contributed by atoms with Crippen LogP contribution in [-0.2, 0) is 16.1 Å². The van der Waals surface area contributed by atoms with Gasteiger partial charge in [-0.3, -0.25) is 0 Å². The van der Waals surface area contributed by atoms with Gasteiger partial charge < -0.3 is 4.74 Å². The van der Waals surface area contributed by atoms with Crippen molar-refractivity contribution in [2.45, 2.75) is 6.61 Å². The predicted octanol–water partition coefficient (Wildman–Crippen LogP) is 1.04. The maximum Gasteiger partial charge on any atom is 0.418 e. The van der Waals surface area contributed by atoms with Gasteiger partial charge in [0.05, 0.1) is 10.3 Å². The average molecular weight is 177 g/mol. The Morgan fingerprint density at radius 2 is 2.15 bits per heavy atom. The Kier molecular flexibility index (Phi) is 3.42. The molecule has 0 heterocycles. The monoisotopic (exact) mass is 177 g/mol. The maximum absolute atomic E-state index is 10.7. The molecule has 1 aromatic carbocycles. The van der Waals surface area contributed by atoms with Crippen molar-refractivity contribution in [2.24, 2.45) is 0 Å². The van der Waals surface area contributed by atoms with Gasteiger partial charge in [-0.15, -0.1) is 0 Å². The summed E-state index contributed by atoms with van der Waals surface area (Å²) in [6.07, 6.45) is 0.822. The highest BCUT2D eigenvalue weighted by Crippen LogP contribution is 1.99. The van der Waals surface area contributed by atoms with Crippen molar-refractivity contribution in [3.05, 3.63) is 35.9 Å². The number of nitrogens with one attached hydrogen (secondary N) is 1. The number of benzene rings is 1. The first-order chi connectivity index (χ1) is 6.33. The van der Waals surface area contributed by atoms with E-state index < -0.39 is 5.97 Å². The summed E-state index contributed by atoms with van der Waals surface area (Å²) < 4.78 is 4.76. The molecule has 1 aromatic rings. The minimum atomic E-state index is -0.598. The number of ether oxygens (including phenoxy) is 1. The lowest BCUT2D eigenvalue weighted by atomic mass is 10.2. The van der Waals surface area contributed by atoms with Gasteiger partial charge in [0.15, 0.2) is 0 Å². The Hall–Kier alpha value is -1.93. The molecule has 0 aromatic heterocycles. The van der Waals surface area contributed by atoms with Crippen molar-refractivity contribution in [1.29, 1.82) is 5.53 Å². The van der Waals surface area contributed by atoms with E-state index in [0.29, 0.717) is 0 Å². The van der Waals surface area contributed by atoms with Crippen molar-refractivity contribution in [3.63, 3.8) is 0 Å². The molecule has 13 heavy (non-hydrogen) atoms. The maximum atomic E-state index is 10.7. The Morgan fingerprint density at radius 3 is 2.77 bits per heavy atom. The second kappa shape index (κ2) is 4.85. The lowest BCUT2D eigenvalue weighted by Crippen LogP contribution is -2.05. The van der Waals surface area contributed by atoms with Gasteiger partial charge in [-0.1, -0.05) is 30.3 Å². The van der Waals surface area contributed by atoms with Crippen LogP contribution in [0, 0.1) is 5.53 Å². The lowest BCUT2D eigenvalue weighted by molar-refractivity contribution is -0.149. The van der Waals surface area contributed by atoms with Crippen LogP contribution in [0.4, 0.5) is 0 Å². The van der Waals surface area contributed by atoms with Crippen molar-refractivity contribution < 1.29 is 14.3 Å². The molecule has 4 heteroatoms. The quantitative estimate of drug-likeness (QED) is 0.324. The summed E-state index contributed by atoms with van der Waals surface area (Å²) in [6.45, 7) is 0.214. The number of hydrogen-bond acceptors (Lipinski definition) is 3. The fraction of sp³-hybridized carbons (Fsp3) is 0.111. The van der Waals surface area contributed by atoms with Gasteiger partial charge in [-0.25, -0.2) is 4.79 Å². The molecule has 0 fully saturated rings. The molecule has 66 valence electrons. The molecule has 0 aliphatic carbocycles. The smallest absolute Gasteiger partial charge is 0.418 e. The normalized spacial score (nSPS) is 8.62. The molecule has 0 bridgehead atoms. The molecule has 4 nitrogen and oxygen atoms in total. The van der Waals surface area contributed by atoms with Crippen molar-refractivity contribution in [2.75, 3.05) is 0 Å². The molecule has 1 rings (SSSR count). The van der Waals surface area contributed by atoms with Gasteiger partial charge in [0.25, 0.3) is 0 Å². The van der Waals surface area contributed by atoms with Gasteiger partial charge in [0.2, 0.25) is 0 Å². The first kappa shape index (κ1) is 9.16. The van der Waals surface area contributed by atoms with E-state index in [1.165, 1.54) is 0 Å². The van der Waals surface area contributed by atoms with Crippen LogP contribution in [0.5, 0.6) is 0 Å². The lowest BCUT2D eigenvalue weighted by Gasteiger charge is -1.98. The minimum Gasteiger partial charge on any atom is -0.452 e. The molecule has 0 unspecified atom stereocenters. The van der Waals surface area contributed by atoms with Crippen LogP contribution in [0.2, 0.25) is 0 Å². The van der Waals surface area contributed by atoms with Crippen molar-refractivity contribution >= 4 is 12.2 Å². The summed E-state index contributed by atoms with van der Waals surface area (Å²) in [7, 11) is 0. The van der Waals surface area contributed by atoms with E-state index in [9.17, 15) is 4.79 Å². The zero-order valence-corrected chi connectivity index (χ0v) is 6.93.